The largest absolute Gasteiger partial charge is 0.488 e. The SMILES string of the molecule is CCc1cc(CNC(=NC)NCc2ccc(C)cc2OC(C)(C)C)on1. The van der Waals surface area contributed by atoms with Gasteiger partial charge in [-0.15, -0.1) is 0 Å². The fourth-order valence-electron chi connectivity index (χ4n) is 2.41. The molecule has 0 aliphatic carbocycles. The third-order valence-electron chi connectivity index (χ3n) is 3.71. The van der Waals surface area contributed by atoms with Crippen LogP contribution in [0.3, 0.4) is 0 Å². The predicted octanol–water partition coefficient (Wildman–Crippen LogP) is 3.59. The Morgan fingerprint density at radius 3 is 2.54 bits per heavy atom. The third-order valence-corrected chi connectivity index (χ3v) is 3.71. The van der Waals surface area contributed by atoms with E-state index in [2.05, 4.69) is 66.7 Å². The molecule has 0 atom stereocenters. The van der Waals surface area contributed by atoms with Crippen molar-refractivity contribution in [1.82, 2.24) is 15.8 Å². The first-order chi connectivity index (χ1) is 12.3. The highest BCUT2D eigenvalue weighted by molar-refractivity contribution is 5.79. The molecule has 0 aliphatic rings. The summed E-state index contributed by atoms with van der Waals surface area (Å²) in [7, 11) is 1.74. The summed E-state index contributed by atoms with van der Waals surface area (Å²) in [5.41, 5.74) is 2.97. The molecule has 6 nitrogen and oxygen atoms in total. The summed E-state index contributed by atoms with van der Waals surface area (Å²) in [6.07, 6.45) is 0.862. The Hall–Kier alpha value is -2.50. The lowest BCUT2D eigenvalue weighted by Crippen LogP contribution is -2.36. The van der Waals surface area contributed by atoms with Crippen LogP contribution in [0.25, 0.3) is 0 Å². The molecule has 0 saturated carbocycles. The van der Waals surface area contributed by atoms with Crippen molar-refractivity contribution >= 4 is 5.96 Å². The Balaban J connectivity index is 1.97. The van der Waals surface area contributed by atoms with Crippen LogP contribution in [0.4, 0.5) is 0 Å². The minimum atomic E-state index is -0.244. The highest BCUT2D eigenvalue weighted by Gasteiger charge is 2.15. The van der Waals surface area contributed by atoms with Gasteiger partial charge in [0.15, 0.2) is 11.7 Å². The highest BCUT2D eigenvalue weighted by atomic mass is 16.5. The molecule has 0 spiro atoms. The van der Waals surface area contributed by atoms with Crippen LogP contribution in [-0.4, -0.2) is 23.8 Å². The Kier molecular flexibility index (Phi) is 6.66. The predicted molar refractivity (Wildman–Crippen MR) is 104 cm³/mol. The highest BCUT2D eigenvalue weighted by Crippen LogP contribution is 2.24. The molecule has 2 N–H and O–H groups in total. The number of nitrogens with one attached hydrogen (secondary N) is 2. The van der Waals surface area contributed by atoms with E-state index in [-0.39, 0.29) is 5.60 Å². The fraction of sp³-hybridized carbons (Fsp3) is 0.500. The van der Waals surface area contributed by atoms with Crippen LogP contribution >= 0.6 is 0 Å². The summed E-state index contributed by atoms with van der Waals surface area (Å²) in [6, 6.07) is 8.19. The number of hydrogen-bond acceptors (Lipinski definition) is 4. The topological polar surface area (TPSA) is 71.7 Å². The maximum absolute atomic E-state index is 6.10. The molecule has 0 fully saturated rings. The van der Waals surface area contributed by atoms with Crippen molar-refractivity contribution < 1.29 is 9.26 Å². The second-order valence-electron chi connectivity index (χ2n) is 7.24. The van der Waals surface area contributed by atoms with Gasteiger partial charge in [0.2, 0.25) is 0 Å². The number of benzene rings is 1. The van der Waals surface area contributed by atoms with Crippen molar-refractivity contribution in [2.45, 2.75) is 59.7 Å². The second-order valence-corrected chi connectivity index (χ2v) is 7.24. The quantitative estimate of drug-likeness (QED) is 0.610. The summed E-state index contributed by atoms with van der Waals surface area (Å²) in [4.78, 5) is 4.26. The number of aryl methyl sites for hydroxylation is 2. The molecule has 0 saturated heterocycles. The minimum Gasteiger partial charge on any atom is -0.488 e. The van der Waals surface area contributed by atoms with Crippen LogP contribution in [0.2, 0.25) is 0 Å². The van der Waals surface area contributed by atoms with E-state index in [1.165, 1.54) is 5.56 Å². The Morgan fingerprint density at radius 1 is 1.19 bits per heavy atom. The van der Waals surface area contributed by atoms with Crippen LogP contribution < -0.4 is 15.4 Å². The normalized spacial score (nSPS) is 12.2. The summed E-state index contributed by atoms with van der Waals surface area (Å²) < 4.78 is 11.4. The number of guanidine groups is 1. The molecule has 1 aromatic heterocycles. The van der Waals surface area contributed by atoms with Crippen molar-refractivity contribution in [1.29, 1.82) is 0 Å². The van der Waals surface area contributed by atoms with E-state index in [0.717, 1.165) is 29.2 Å². The number of ether oxygens (including phenoxy) is 1. The van der Waals surface area contributed by atoms with Crippen molar-refractivity contribution in [2.75, 3.05) is 7.05 Å². The zero-order valence-electron chi connectivity index (χ0n) is 16.6. The standard InChI is InChI=1S/C20H30N4O2/c1-7-16-11-17(26-24-16)13-23-19(21-6)22-12-15-9-8-14(2)10-18(15)25-20(3,4)5/h8-11H,7,12-13H2,1-6H3,(H2,21,22,23). The third kappa shape index (κ3) is 6.10. The van der Waals surface area contributed by atoms with E-state index in [9.17, 15) is 0 Å². The van der Waals surface area contributed by atoms with Gasteiger partial charge in [-0.1, -0.05) is 24.2 Å². The van der Waals surface area contributed by atoms with Gasteiger partial charge in [-0.3, -0.25) is 4.99 Å². The molecule has 1 aromatic carbocycles. The van der Waals surface area contributed by atoms with Crippen LogP contribution in [0.15, 0.2) is 33.8 Å². The number of hydrogen-bond donors (Lipinski definition) is 2. The smallest absolute Gasteiger partial charge is 0.191 e. The van der Waals surface area contributed by atoms with Crippen LogP contribution in [0.5, 0.6) is 5.75 Å². The fourth-order valence-corrected chi connectivity index (χ4v) is 2.41. The molecule has 0 unspecified atom stereocenters. The lowest BCUT2D eigenvalue weighted by atomic mass is 10.1. The van der Waals surface area contributed by atoms with E-state index >= 15 is 0 Å². The summed E-state index contributed by atoms with van der Waals surface area (Å²) >= 11 is 0. The zero-order valence-corrected chi connectivity index (χ0v) is 16.6. The molecule has 2 rings (SSSR count). The van der Waals surface area contributed by atoms with Gasteiger partial charge in [-0.25, -0.2) is 0 Å². The zero-order chi connectivity index (χ0) is 19.2. The Labute approximate surface area is 156 Å². The summed E-state index contributed by atoms with van der Waals surface area (Å²) in [5.74, 6) is 2.38. The number of aromatic nitrogens is 1. The first-order valence-electron chi connectivity index (χ1n) is 8.98. The van der Waals surface area contributed by atoms with E-state index in [4.69, 9.17) is 9.26 Å². The molecule has 2 aromatic rings. The number of rotatable bonds is 6. The van der Waals surface area contributed by atoms with E-state index in [1.807, 2.05) is 13.0 Å². The molecule has 26 heavy (non-hydrogen) atoms. The van der Waals surface area contributed by atoms with E-state index in [0.29, 0.717) is 19.0 Å². The molecule has 0 radical (unpaired) electrons. The van der Waals surface area contributed by atoms with Crippen molar-refractivity contribution in [3.05, 3.63) is 46.8 Å². The first kappa shape index (κ1) is 19.8. The van der Waals surface area contributed by atoms with Gasteiger partial charge >= 0.3 is 0 Å². The Morgan fingerprint density at radius 2 is 1.92 bits per heavy atom. The molecule has 0 bridgehead atoms. The molecule has 6 heteroatoms. The lowest BCUT2D eigenvalue weighted by Gasteiger charge is -2.24. The monoisotopic (exact) mass is 358 g/mol. The molecule has 1 heterocycles. The van der Waals surface area contributed by atoms with E-state index in [1.54, 1.807) is 7.05 Å². The second kappa shape index (κ2) is 8.74. The average molecular weight is 358 g/mol. The molecule has 0 amide bonds. The van der Waals surface area contributed by atoms with Gasteiger partial charge in [0.05, 0.1) is 12.2 Å². The molecular formula is C20H30N4O2. The van der Waals surface area contributed by atoms with Gasteiger partial charge < -0.3 is 19.9 Å². The first-order valence-corrected chi connectivity index (χ1v) is 8.98. The van der Waals surface area contributed by atoms with E-state index < -0.39 is 0 Å². The van der Waals surface area contributed by atoms with Crippen LogP contribution in [-0.2, 0) is 19.5 Å². The number of nitrogens with zero attached hydrogens (tertiary/aromatic N) is 2. The maximum atomic E-state index is 6.10. The van der Waals surface area contributed by atoms with Crippen molar-refractivity contribution in [2.24, 2.45) is 4.99 Å². The van der Waals surface area contributed by atoms with Gasteiger partial charge in [-0.05, 0) is 45.7 Å². The van der Waals surface area contributed by atoms with Gasteiger partial charge in [0, 0.05) is 25.2 Å². The molecule has 0 aliphatic heterocycles. The van der Waals surface area contributed by atoms with Gasteiger partial charge in [0.1, 0.15) is 11.4 Å². The van der Waals surface area contributed by atoms with Crippen molar-refractivity contribution in [3.8, 4) is 5.75 Å². The average Bonchev–Trinajstić information content (AvgIpc) is 3.03. The number of aliphatic imine (C=N–C) groups is 1. The maximum Gasteiger partial charge on any atom is 0.191 e. The summed E-state index contributed by atoms with van der Waals surface area (Å²) in [6.45, 7) is 11.4. The van der Waals surface area contributed by atoms with Crippen molar-refractivity contribution in [3.63, 3.8) is 0 Å². The van der Waals surface area contributed by atoms with Crippen LogP contribution in [0, 0.1) is 6.92 Å². The van der Waals surface area contributed by atoms with Crippen LogP contribution in [0.1, 0.15) is 50.3 Å². The lowest BCUT2D eigenvalue weighted by molar-refractivity contribution is 0.129. The Bertz CT molecular complexity index is 745. The van der Waals surface area contributed by atoms with Gasteiger partial charge in [-0.2, -0.15) is 0 Å². The molecule has 142 valence electrons. The summed E-state index contributed by atoms with van der Waals surface area (Å²) in [5, 5.41) is 10.6. The molecular weight excluding hydrogens is 328 g/mol. The van der Waals surface area contributed by atoms with Gasteiger partial charge in [0.25, 0.3) is 0 Å². The minimum absolute atomic E-state index is 0.244.